The molecular weight excluding hydrogens is 208 g/mol. The van der Waals surface area contributed by atoms with Gasteiger partial charge in [-0.25, -0.2) is 0 Å². The summed E-state index contributed by atoms with van der Waals surface area (Å²) in [5.41, 5.74) is -1.77. The zero-order valence-corrected chi connectivity index (χ0v) is 10.6. The summed E-state index contributed by atoms with van der Waals surface area (Å²) in [5, 5.41) is 0. The summed E-state index contributed by atoms with van der Waals surface area (Å²) in [7, 11) is 0. The summed E-state index contributed by atoms with van der Waals surface area (Å²) in [6, 6.07) is 0. The van der Waals surface area contributed by atoms with E-state index in [0.717, 1.165) is 0 Å². The van der Waals surface area contributed by atoms with Gasteiger partial charge in [0, 0.05) is 13.8 Å². The largest absolute Gasteiger partial charge is 0.447 e. The summed E-state index contributed by atoms with van der Waals surface area (Å²) in [6.45, 7) is 9.33. The lowest BCUT2D eigenvalue weighted by molar-refractivity contribution is -0.150. The van der Waals surface area contributed by atoms with E-state index in [4.69, 9.17) is 9.47 Å². The van der Waals surface area contributed by atoms with Gasteiger partial charge in [-0.05, 0) is 27.7 Å². The second-order valence-electron chi connectivity index (χ2n) is 4.46. The number of carbonyl (C=O) groups is 2. The van der Waals surface area contributed by atoms with Crippen LogP contribution in [0.5, 0.6) is 0 Å². The highest BCUT2D eigenvalue weighted by Crippen LogP contribution is 2.12. The van der Waals surface area contributed by atoms with Crippen LogP contribution in [0.15, 0.2) is 0 Å². The zero-order valence-electron chi connectivity index (χ0n) is 10.6. The molecule has 16 heavy (non-hydrogen) atoms. The summed E-state index contributed by atoms with van der Waals surface area (Å²) in [6.07, 6.45) is 0. The minimum atomic E-state index is -0.886. The molecule has 0 heterocycles. The minimum Gasteiger partial charge on any atom is -0.447 e. The van der Waals surface area contributed by atoms with Crippen molar-refractivity contribution >= 4 is 11.9 Å². The van der Waals surface area contributed by atoms with Crippen molar-refractivity contribution < 1.29 is 19.1 Å². The van der Waals surface area contributed by atoms with E-state index in [1.165, 1.54) is 13.8 Å². The summed E-state index contributed by atoms with van der Waals surface area (Å²) in [5.74, 6) is 4.73. The molecule has 4 heteroatoms. The Hall–Kier alpha value is -1.50. The van der Waals surface area contributed by atoms with Gasteiger partial charge >= 0.3 is 11.9 Å². The van der Waals surface area contributed by atoms with Crippen LogP contribution >= 0.6 is 0 Å². The van der Waals surface area contributed by atoms with E-state index >= 15 is 0 Å². The van der Waals surface area contributed by atoms with Gasteiger partial charge in [-0.1, -0.05) is 11.8 Å². The van der Waals surface area contributed by atoms with Crippen molar-refractivity contribution in [2.24, 2.45) is 0 Å². The second kappa shape index (κ2) is 5.02. The van der Waals surface area contributed by atoms with Crippen LogP contribution in [0.2, 0.25) is 0 Å². The molecular formula is C12H18O4. The molecule has 0 saturated carbocycles. The van der Waals surface area contributed by atoms with Crippen molar-refractivity contribution in [2.45, 2.75) is 52.7 Å². The predicted octanol–water partition coefficient (Wildman–Crippen LogP) is 1.67. The number of esters is 2. The molecule has 0 aromatic rings. The van der Waals surface area contributed by atoms with Crippen LogP contribution in [-0.2, 0) is 19.1 Å². The lowest BCUT2D eigenvalue weighted by atomic mass is 10.1. The van der Waals surface area contributed by atoms with Crippen LogP contribution in [0.1, 0.15) is 41.5 Å². The molecule has 0 aliphatic carbocycles. The van der Waals surface area contributed by atoms with Gasteiger partial charge in [-0.2, -0.15) is 0 Å². The zero-order chi connectivity index (χ0) is 13.0. The summed E-state index contributed by atoms with van der Waals surface area (Å²) < 4.78 is 9.97. The molecule has 90 valence electrons. The Morgan fingerprint density at radius 3 is 1.25 bits per heavy atom. The van der Waals surface area contributed by atoms with Crippen LogP contribution in [-0.4, -0.2) is 23.1 Å². The van der Waals surface area contributed by atoms with Crippen LogP contribution in [0.4, 0.5) is 0 Å². The van der Waals surface area contributed by atoms with Crippen LogP contribution in [0.25, 0.3) is 0 Å². The van der Waals surface area contributed by atoms with Crippen molar-refractivity contribution in [1.29, 1.82) is 0 Å². The van der Waals surface area contributed by atoms with Gasteiger partial charge in [0.1, 0.15) is 0 Å². The van der Waals surface area contributed by atoms with Gasteiger partial charge in [0.05, 0.1) is 0 Å². The van der Waals surface area contributed by atoms with Crippen LogP contribution in [0, 0.1) is 11.8 Å². The van der Waals surface area contributed by atoms with E-state index in [2.05, 4.69) is 11.8 Å². The monoisotopic (exact) mass is 226 g/mol. The fourth-order valence-corrected chi connectivity index (χ4v) is 1.07. The number of ether oxygens (including phenoxy) is 2. The van der Waals surface area contributed by atoms with Gasteiger partial charge < -0.3 is 9.47 Å². The maximum Gasteiger partial charge on any atom is 0.304 e. The predicted molar refractivity (Wildman–Crippen MR) is 59.5 cm³/mol. The van der Waals surface area contributed by atoms with E-state index in [0.29, 0.717) is 0 Å². The fourth-order valence-electron chi connectivity index (χ4n) is 1.07. The van der Waals surface area contributed by atoms with Gasteiger partial charge in [0.15, 0.2) is 11.2 Å². The Morgan fingerprint density at radius 1 is 0.812 bits per heavy atom. The van der Waals surface area contributed by atoms with Gasteiger partial charge in [0.2, 0.25) is 0 Å². The van der Waals surface area contributed by atoms with E-state index in [1.54, 1.807) is 27.7 Å². The Kier molecular flexibility index (Phi) is 4.55. The van der Waals surface area contributed by atoms with Crippen molar-refractivity contribution in [3.63, 3.8) is 0 Å². The molecule has 0 unspecified atom stereocenters. The third kappa shape index (κ3) is 6.88. The standard InChI is InChI=1S/C12H18O4/c1-9(13)15-11(3,4)7-8-12(5,6)16-10(2)14/h1-6H3. The first kappa shape index (κ1) is 14.5. The smallest absolute Gasteiger partial charge is 0.304 e. The van der Waals surface area contributed by atoms with Crippen LogP contribution < -0.4 is 0 Å². The number of hydrogen-bond acceptors (Lipinski definition) is 4. The first-order valence-electron chi connectivity index (χ1n) is 4.97. The molecule has 0 rings (SSSR count). The normalized spacial score (nSPS) is 11.1. The molecule has 0 aliphatic heterocycles. The molecule has 0 fully saturated rings. The van der Waals surface area contributed by atoms with Crippen molar-refractivity contribution in [3.05, 3.63) is 0 Å². The summed E-state index contributed by atoms with van der Waals surface area (Å²) in [4.78, 5) is 21.6. The molecule has 0 atom stereocenters. The first-order chi connectivity index (χ1) is 7.04. The van der Waals surface area contributed by atoms with Crippen molar-refractivity contribution in [1.82, 2.24) is 0 Å². The maximum atomic E-state index is 10.8. The van der Waals surface area contributed by atoms with Crippen molar-refractivity contribution in [2.75, 3.05) is 0 Å². The van der Waals surface area contributed by atoms with Gasteiger partial charge in [-0.3, -0.25) is 9.59 Å². The SMILES string of the molecule is CC(=O)OC(C)(C)C#CC(C)(C)OC(C)=O. The molecule has 0 N–H and O–H groups in total. The van der Waals surface area contributed by atoms with E-state index < -0.39 is 23.1 Å². The molecule has 0 radical (unpaired) electrons. The van der Waals surface area contributed by atoms with E-state index in [9.17, 15) is 9.59 Å². The highest BCUT2D eigenvalue weighted by atomic mass is 16.6. The molecule has 0 aromatic heterocycles. The highest BCUT2D eigenvalue weighted by molar-refractivity contribution is 5.67. The molecule has 0 spiro atoms. The van der Waals surface area contributed by atoms with Crippen molar-refractivity contribution in [3.8, 4) is 11.8 Å². The number of carbonyl (C=O) groups excluding carboxylic acids is 2. The molecule has 0 aliphatic rings. The minimum absolute atomic E-state index is 0.399. The lowest BCUT2D eigenvalue weighted by Crippen LogP contribution is -2.29. The Bertz CT molecular complexity index is 310. The first-order valence-corrected chi connectivity index (χ1v) is 4.97. The summed E-state index contributed by atoms with van der Waals surface area (Å²) >= 11 is 0. The average molecular weight is 226 g/mol. The molecule has 0 amide bonds. The highest BCUT2D eigenvalue weighted by Gasteiger charge is 2.21. The quantitative estimate of drug-likeness (QED) is 0.531. The second-order valence-corrected chi connectivity index (χ2v) is 4.46. The third-order valence-corrected chi connectivity index (χ3v) is 1.46. The Labute approximate surface area is 96.3 Å². The number of hydrogen-bond donors (Lipinski definition) is 0. The molecule has 4 nitrogen and oxygen atoms in total. The topological polar surface area (TPSA) is 52.6 Å². The molecule has 0 saturated heterocycles. The van der Waals surface area contributed by atoms with Gasteiger partial charge in [-0.15, -0.1) is 0 Å². The third-order valence-electron chi connectivity index (χ3n) is 1.46. The maximum absolute atomic E-state index is 10.8. The average Bonchev–Trinajstić information content (AvgIpc) is 1.96. The van der Waals surface area contributed by atoms with E-state index in [-0.39, 0.29) is 0 Å². The fraction of sp³-hybridized carbons (Fsp3) is 0.667. The van der Waals surface area contributed by atoms with E-state index in [1.807, 2.05) is 0 Å². The Balaban J connectivity index is 4.69. The molecule has 0 bridgehead atoms. The lowest BCUT2D eigenvalue weighted by Gasteiger charge is -2.21. The Morgan fingerprint density at radius 2 is 1.06 bits per heavy atom. The van der Waals surface area contributed by atoms with Gasteiger partial charge in [0.25, 0.3) is 0 Å². The van der Waals surface area contributed by atoms with Crippen LogP contribution in [0.3, 0.4) is 0 Å². The molecule has 0 aromatic carbocycles. The number of rotatable bonds is 2.